The molecule has 15 heavy (non-hydrogen) atoms. The average Bonchev–Trinajstić information content (AvgIpc) is 2.19. The minimum absolute atomic E-state index is 0.155. The summed E-state index contributed by atoms with van der Waals surface area (Å²) in [5, 5.41) is 0. The monoisotopic (exact) mass is 238 g/mol. The van der Waals surface area contributed by atoms with Crippen LogP contribution in [0.15, 0.2) is 0 Å². The van der Waals surface area contributed by atoms with Crippen LogP contribution in [0.3, 0.4) is 0 Å². The fraction of sp³-hybridized carbons (Fsp3) is 0.889. The van der Waals surface area contributed by atoms with E-state index in [4.69, 9.17) is 9.05 Å². The van der Waals surface area contributed by atoms with Crippen molar-refractivity contribution in [2.45, 2.75) is 33.6 Å². The minimum Gasteiger partial charge on any atom is -0.457 e. The van der Waals surface area contributed by atoms with Gasteiger partial charge in [-0.15, -0.1) is 0 Å². The quantitative estimate of drug-likeness (QED) is 0.480. The Hall–Kier alpha value is -0.380. The number of unbranched alkanes of at least 4 members (excludes halogenated alkanes) is 1. The maximum atomic E-state index is 11.9. The molecule has 0 heterocycles. The number of carbonyl (C=O) groups excluding carboxylic acids is 1. The zero-order valence-corrected chi connectivity index (χ0v) is 10.4. The van der Waals surface area contributed by atoms with Crippen LogP contribution in [-0.4, -0.2) is 25.5 Å². The van der Waals surface area contributed by atoms with E-state index in [1.807, 2.05) is 6.92 Å². The van der Waals surface area contributed by atoms with Crippen LogP contribution in [0.25, 0.3) is 0 Å². The molecule has 6 heteroatoms. The molecule has 0 saturated carbocycles. The van der Waals surface area contributed by atoms with E-state index in [9.17, 15) is 9.36 Å². The van der Waals surface area contributed by atoms with Crippen molar-refractivity contribution in [3.63, 3.8) is 0 Å². The van der Waals surface area contributed by atoms with Crippen LogP contribution < -0.4 is 0 Å². The Balaban J connectivity index is 4.30. The molecule has 0 N–H and O–H groups in total. The van der Waals surface area contributed by atoms with Gasteiger partial charge in [-0.1, -0.05) is 13.3 Å². The van der Waals surface area contributed by atoms with Gasteiger partial charge in [0.1, 0.15) is 0 Å². The van der Waals surface area contributed by atoms with E-state index in [0.717, 1.165) is 12.8 Å². The SMILES string of the molecule is CCCCOP(=O)(OCC)C(=O)OCC. The van der Waals surface area contributed by atoms with Gasteiger partial charge in [0.2, 0.25) is 0 Å². The second-order valence-electron chi connectivity index (χ2n) is 2.80. The summed E-state index contributed by atoms with van der Waals surface area (Å²) in [7, 11) is -3.72. The highest BCUT2D eigenvalue weighted by Gasteiger charge is 2.36. The summed E-state index contributed by atoms with van der Waals surface area (Å²) < 4.78 is 26.3. The summed E-state index contributed by atoms with van der Waals surface area (Å²) in [4.78, 5) is 11.3. The molecule has 0 aliphatic rings. The molecule has 5 nitrogen and oxygen atoms in total. The lowest BCUT2D eigenvalue weighted by molar-refractivity contribution is 0.150. The molecule has 0 amide bonds. The molecule has 0 radical (unpaired) electrons. The van der Waals surface area contributed by atoms with Crippen LogP contribution in [0.4, 0.5) is 4.79 Å². The van der Waals surface area contributed by atoms with Crippen molar-refractivity contribution in [2.75, 3.05) is 19.8 Å². The van der Waals surface area contributed by atoms with Crippen molar-refractivity contribution in [2.24, 2.45) is 0 Å². The molecular formula is C9H19O5P. The summed E-state index contributed by atoms with van der Waals surface area (Å²) in [6, 6.07) is 0. The Labute approximate surface area is 90.6 Å². The van der Waals surface area contributed by atoms with E-state index < -0.39 is 13.3 Å². The van der Waals surface area contributed by atoms with E-state index in [1.165, 1.54) is 0 Å². The van der Waals surface area contributed by atoms with Gasteiger partial charge in [-0.2, -0.15) is 0 Å². The molecule has 0 spiro atoms. The summed E-state index contributed by atoms with van der Waals surface area (Å²) in [6.45, 7) is 5.82. The summed E-state index contributed by atoms with van der Waals surface area (Å²) >= 11 is 0. The predicted molar refractivity (Wildman–Crippen MR) is 57.1 cm³/mol. The van der Waals surface area contributed by atoms with Crippen LogP contribution in [-0.2, 0) is 18.3 Å². The highest BCUT2D eigenvalue weighted by molar-refractivity contribution is 7.71. The predicted octanol–water partition coefficient (Wildman–Crippen LogP) is 3.19. The van der Waals surface area contributed by atoms with Crippen LogP contribution in [0, 0.1) is 0 Å². The molecule has 0 aromatic carbocycles. The first-order chi connectivity index (χ1) is 7.10. The zero-order chi connectivity index (χ0) is 11.7. The highest BCUT2D eigenvalue weighted by atomic mass is 31.2. The minimum atomic E-state index is -3.72. The van der Waals surface area contributed by atoms with Crippen LogP contribution in [0.1, 0.15) is 33.6 Å². The van der Waals surface area contributed by atoms with Gasteiger partial charge in [0.15, 0.2) is 0 Å². The molecule has 1 atom stereocenters. The zero-order valence-electron chi connectivity index (χ0n) is 9.52. The number of ether oxygens (including phenoxy) is 1. The standard InChI is InChI=1S/C9H19O5P/c1-4-7-8-14-15(11,13-6-3)9(10)12-5-2/h4-8H2,1-3H3. The molecular weight excluding hydrogens is 219 g/mol. The average molecular weight is 238 g/mol. The number of rotatable bonds is 8. The first kappa shape index (κ1) is 14.6. The van der Waals surface area contributed by atoms with Gasteiger partial charge in [-0.05, 0) is 20.3 Å². The third kappa shape index (κ3) is 5.30. The Kier molecular flexibility index (Phi) is 7.65. The lowest BCUT2D eigenvalue weighted by atomic mass is 10.4. The summed E-state index contributed by atoms with van der Waals surface area (Å²) in [6.07, 6.45) is 1.63. The van der Waals surface area contributed by atoms with Gasteiger partial charge in [-0.25, -0.2) is 9.36 Å². The second-order valence-corrected chi connectivity index (χ2v) is 4.68. The van der Waals surface area contributed by atoms with Crippen molar-refractivity contribution < 1.29 is 23.1 Å². The maximum Gasteiger partial charge on any atom is 0.438 e. The Morgan fingerprint density at radius 1 is 1.13 bits per heavy atom. The van der Waals surface area contributed by atoms with Gasteiger partial charge in [0, 0.05) is 0 Å². The second kappa shape index (κ2) is 7.85. The molecule has 0 aliphatic carbocycles. The van der Waals surface area contributed by atoms with E-state index in [1.54, 1.807) is 13.8 Å². The molecule has 1 unspecified atom stereocenters. The Morgan fingerprint density at radius 3 is 2.27 bits per heavy atom. The van der Waals surface area contributed by atoms with E-state index in [0.29, 0.717) is 0 Å². The van der Waals surface area contributed by atoms with E-state index >= 15 is 0 Å². The van der Waals surface area contributed by atoms with Crippen molar-refractivity contribution in [1.82, 2.24) is 0 Å². The molecule has 0 saturated heterocycles. The first-order valence-electron chi connectivity index (χ1n) is 5.17. The number of hydrogen-bond donors (Lipinski definition) is 0. The molecule has 0 aliphatic heterocycles. The Morgan fingerprint density at radius 2 is 1.80 bits per heavy atom. The van der Waals surface area contributed by atoms with Crippen LogP contribution >= 0.6 is 7.60 Å². The third-order valence-electron chi connectivity index (χ3n) is 1.55. The van der Waals surface area contributed by atoms with Gasteiger partial charge < -0.3 is 13.8 Å². The van der Waals surface area contributed by atoms with Gasteiger partial charge in [0.25, 0.3) is 0 Å². The summed E-state index contributed by atoms with van der Waals surface area (Å²) in [5.41, 5.74) is -0.900. The van der Waals surface area contributed by atoms with E-state index in [2.05, 4.69) is 4.74 Å². The maximum absolute atomic E-state index is 11.9. The van der Waals surface area contributed by atoms with Gasteiger partial charge >= 0.3 is 13.3 Å². The fourth-order valence-corrected chi connectivity index (χ4v) is 2.13. The molecule has 0 fully saturated rings. The molecule has 0 aromatic rings. The van der Waals surface area contributed by atoms with Crippen molar-refractivity contribution >= 4 is 13.3 Å². The largest absolute Gasteiger partial charge is 0.457 e. The topological polar surface area (TPSA) is 61.8 Å². The number of carbonyl (C=O) groups is 1. The van der Waals surface area contributed by atoms with E-state index in [-0.39, 0.29) is 19.8 Å². The lowest BCUT2D eigenvalue weighted by Gasteiger charge is -2.15. The van der Waals surface area contributed by atoms with Gasteiger partial charge in [-0.3, -0.25) is 0 Å². The normalized spacial score (nSPS) is 14.6. The third-order valence-corrected chi connectivity index (χ3v) is 3.25. The van der Waals surface area contributed by atoms with Crippen molar-refractivity contribution in [3.8, 4) is 0 Å². The number of hydrogen-bond acceptors (Lipinski definition) is 5. The summed E-state index contributed by atoms with van der Waals surface area (Å²) in [5.74, 6) is 0. The van der Waals surface area contributed by atoms with Gasteiger partial charge in [0.05, 0.1) is 19.8 Å². The molecule has 0 rings (SSSR count). The molecule has 0 bridgehead atoms. The van der Waals surface area contributed by atoms with Crippen molar-refractivity contribution in [3.05, 3.63) is 0 Å². The van der Waals surface area contributed by atoms with Crippen molar-refractivity contribution in [1.29, 1.82) is 0 Å². The van der Waals surface area contributed by atoms with Crippen LogP contribution in [0.5, 0.6) is 0 Å². The lowest BCUT2D eigenvalue weighted by Crippen LogP contribution is -2.09. The molecule has 90 valence electrons. The fourth-order valence-electron chi connectivity index (χ4n) is 0.844. The Bertz CT molecular complexity index is 229. The first-order valence-corrected chi connectivity index (χ1v) is 6.71. The smallest absolute Gasteiger partial charge is 0.438 e. The highest BCUT2D eigenvalue weighted by Crippen LogP contribution is 2.50. The van der Waals surface area contributed by atoms with Crippen LogP contribution in [0.2, 0.25) is 0 Å². The molecule has 0 aromatic heterocycles.